The minimum absolute atomic E-state index is 0. The third-order valence-corrected chi connectivity index (χ3v) is 4.93. The van der Waals surface area contributed by atoms with Gasteiger partial charge in [-0.15, -0.1) is 24.8 Å². The average Bonchev–Trinajstić information content (AvgIpc) is 3.11. The smallest absolute Gasteiger partial charge is 0.241 e. The monoisotopic (exact) mass is 403 g/mol. The summed E-state index contributed by atoms with van der Waals surface area (Å²) in [6, 6.07) is 5.82. The molecule has 0 radical (unpaired) electrons. The van der Waals surface area contributed by atoms with Gasteiger partial charge in [0.2, 0.25) is 5.91 Å². The maximum Gasteiger partial charge on any atom is 0.241 e. The van der Waals surface area contributed by atoms with Gasteiger partial charge in [0.15, 0.2) is 0 Å². The second-order valence-corrected chi connectivity index (χ2v) is 6.87. The van der Waals surface area contributed by atoms with E-state index in [4.69, 9.17) is 4.74 Å². The minimum atomic E-state index is -0.0598. The fraction of sp³-hybridized carbons (Fsp3) is 0.632. The van der Waals surface area contributed by atoms with E-state index < -0.39 is 0 Å². The highest BCUT2D eigenvalue weighted by Crippen LogP contribution is 2.22. The van der Waals surface area contributed by atoms with Gasteiger partial charge in [-0.3, -0.25) is 9.69 Å². The predicted octanol–water partition coefficient (Wildman–Crippen LogP) is 3.39. The molecule has 0 spiro atoms. The second-order valence-electron chi connectivity index (χ2n) is 6.87. The van der Waals surface area contributed by atoms with E-state index in [1.54, 1.807) is 0 Å². The Kier molecular flexibility index (Phi) is 10.3. The number of benzene rings is 1. The first-order chi connectivity index (χ1) is 11.7. The van der Waals surface area contributed by atoms with E-state index in [0.29, 0.717) is 0 Å². The standard InChI is InChI=1S/C19H29N3O2.2ClH/c1-15-14-16(21-19(23)17-6-2-3-9-20-17)7-8-18(15)24-13-12-22-10-4-5-11-22;;/h7-8,14,17,20H,2-6,9-13H2,1H3,(H,21,23);2*1H. The number of rotatable bonds is 6. The molecule has 2 heterocycles. The van der Waals surface area contributed by atoms with Crippen LogP contribution in [0.25, 0.3) is 0 Å². The molecule has 1 amide bonds. The lowest BCUT2D eigenvalue weighted by molar-refractivity contribution is -0.118. The van der Waals surface area contributed by atoms with Gasteiger partial charge in [0.05, 0.1) is 6.04 Å². The van der Waals surface area contributed by atoms with Gasteiger partial charge in [-0.1, -0.05) is 6.42 Å². The summed E-state index contributed by atoms with van der Waals surface area (Å²) in [4.78, 5) is 14.7. The number of anilines is 1. The van der Waals surface area contributed by atoms with Gasteiger partial charge < -0.3 is 15.4 Å². The molecule has 1 aromatic carbocycles. The lowest BCUT2D eigenvalue weighted by Gasteiger charge is -2.22. The highest BCUT2D eigenvalue weighted by atomic mass is 35.5. The number of nitrogens with one attached hydrogen (secondary N) is 2. The van der Waals surface area contributed by atoms with Crippen molar-refractivity contribution in [3.05, 3.63) is 23.8 Å². The number of ether oxygens (including phenoxy) is 1. The maximum atomic E-state index is 12.3. The lowest BCUT2D eigenvalue weighted by atomic mass is 10.0. The van der Waals surface area contributed by atoms with E-state index in [0.717, 1.165) is 56.0 Å². The van der Waals surface area contributed by atoms with Gasteiger partial charge in [-0.25, -0.2) is 0 Å². The SMILES string of the molecule is Cc1cc(NC(=O)C2CCCCN2)ccc1OCCN1CCCC1.Cl.Cl. The number of carbonyl (C=O) groups is 1. The Morgan fingerprint density at radius 3 is 2.65 bits per heavy atom. The van der Waals surface area contributed by atoms with Crippen molar-refractivity contribution in [3.8, 4) is 5.75 Å². The molecule has 26 heavy (non-hydrogen) atoms. The Morgan fingerprint density at radius 1 is 1.23 bits per heavy atom. The summed E-state index contributed by atoms with van der Waals surface area (Å²) in [5.41, 5.74) is 1.91. The van der Waals surface area contributed by atoms with Crippen LogP contribution < -0.4 is 15.4 Å². The van der Waals surface area contributed by atoms with Crippen molar-refractivity contribution >= 4 is 36.4 Å². The summed E-state index contributed by atoms with van der Waals surface area (Å²) in [5.74, 6) is 0.972. The molecule has 1 unspecified atom stereocenters. The van der Waals surface area contributed by atoms with Crippen molar-refractivity contribution in [1.29, 1.82) is 0 Å². The number of piperidine rings is 1. The lowest BCUT2D eigenvalue weighted by Crippen LogP contribution is -2.43. The van der Waals surface area contributed by atoms with Crippen molar-refractivity contribution < 1.29 is 9.53 Å². The van der Waals surface area contributed by atoms with Crippen LogP contribution in [0.3, 0.4) is 0 Å². The molecule has 0 aliphatic carbocycles. The van der Waals surface area contributed by atoms with Crippen molar-refractivity contribution in [1.82, 2.24) is 10.2 Å². The zero-order chi connectivity index (χ0) is 16.8. The van der Waals surface area contributed by atoms with Gasteiger partial charge in [0, 0.05) is 12.2 Å². The van der Waals surface area contributed by atoms with Crippen LogP contribution in [0.5, 0.6) is 5.75 Å². The van der Waals surface area contributed by atoms with Crippen molar-refractivity contribution in [2.24, 2.45) is 0 Å². The van der Waals surface area contributed by atoms with Crippen LogP contribution in [0.15, 0.2) is 18.2 Å². The summed E-state index contributed by atoms with van der Waals surface area (Å²) in [6.45, 7) is 7.06. The van der Waals surface area contributed by atoms with Crippen LogP contribution in [-0.4, -0.2) is 49.6 Å². The van der Waals surface area contributed by atoms with Crippen molar-refractivity contribution in [2.45, 2.75) is 45.1 Å². The molecular formula is C19H31Cl2N3O2. The number of halogens is 2. The summed E-state index contributed by atoms with van der Waals surface area (Å²) < 4.78 is 5.91. The molecule has 2 aliphatic rings. The van der Waals surface area contributed by atoms with Crippen LogP contribution in [-0.2, 0) is 4.79 Å². The minimum Gasteiger partial charge on any atom is -0.492 e. The molecule has 2 aliphatic heterocycles. The number of hydrogen-bond acceptors (Lipinski definition) is 4. The number of nitrogens with zero attached hydrogens (tertiary/aromatic N) is 1. The molecule has 7 heteroatoms. The van der Waals surface area contributed by atoms with E-state index >= 15 is 0 Å². The van der Waals surface area contributed by atoms with E-state index in [2.05, 4.69) is 15.5 Å². The average molecular weight is 404 g/mol. The Morgan fingerprint density at radius 2 is 2.00 bits per heavy atom. The third-order valence-electron chi connectivity index (χ3n) is 4.93. The number of carbonyl (C=O) groups excluding carboxylic acids is 1. The van der Waals surface area contributed by atoms with Crippen molar-refractivity contribution in [3.63, 3.8) is 0 Å². The van der Waals surface area contributed by atoms with Gasteiger partial charge in [-0.2, -0.15) is 0 Å². The number of hydrogen-bond donors (Lipinski definition) is 2. The molecule has 0 bridgehead atoms. The molecule has 5 nitrogen and oxygen atoms in total. The molecule has 0 aromatic heterocycles. The topological polar surface area (TPSA) is 53.6 Å². The van der Waals surface area contributed by atoms with Crippen molar-refractivity contribution in [2.75, 3.05) is 38.1 Å². The highest BCUT2D eigenvalue weighted by molar-refractivity contribution is 5.95. The van der Waals surface area contributed by atoms with E-state index in [1.165, 1.54) is 25.9 Å². The number of aryl methyl sites for hydroxylation is 1. The Hall–Kier alpha value is -1.01. The van der Waals surface area contributed by atoms with Crippen LogP contribution in [0, 0.1) is 6.92 Å². The van der Waals surface area contributed by atoms with E-state index in [1.807, 2.05) is 25.1 Å². The molecule has 2 N–H and O–H groups in total. The molecule has 3 rings (SSSR count). The molecule has 2 saturated heterocycles. The Labute approximate surface area is 169 Å². The number of amides is 1. The Balaban J connectivity index is 0.00000169. The summed E-state index contributed by atoms with van der Waals surface area (Å²) in [7, 11) is 0. The molecule has 1 aromatic rings. The quantitative estimate of drug-likeness (QED) is 0.763. The van der Waals surface area contributed by atoms with Gasteiger partial charge in [0.1, 0.15) is 12.4 Å². The second kappa shape index (κ2) is 11.7. The molecule has 2 fully saturated rings. The molecule has 1 atom stereocenters. The zero-order valence-corrected chi connectivity index (χ0v) is 17.1. The van der Waals surface area contributed by atoms with E-state index in [9.17, 15) is 4.79 Å². The molecular weight excluding hydrogens is 373 g/mol. The highest BCUT2D eigenvalue weighted by Gasteiger charge is 2.20. The fourth-order valence-corrected chi connectivity index (χ4v) is 3.49. The van der Waals surface area contributed by atoms with E-state index in [-0.39, 0.29) is 36.8 Å². The maximum absolute atomic E-state index is 12.3. The predicted molar refractivity (Wildman–Crippen MR) is 111 cm³/mol. The molecule has 148 valence electrons. The van der Waals surface area contributed by atoms with Crippen LogP contribution in [0.4, 0.5) is 5.69 Å². The van der Waals surface area contributed by atoms with Crippen LogP contribution in [0.2, 0.25) is 0 Å². The van der Waals surface area contributed by atoms with Crippen LogP contribution in [0.1, 0.15) is 37.7 Å². The normalized spacial score (nSPS) is 20.0. The van der Waals surface area contributed by atoms with Gasteiger partial charge >= 0.3 is 0 Å². The summed E-state index contributed by atoms with van der Waals surface area (Å²) in [5, 5.41) is 6.29. The largest absolute Gasteiger partial charge is 0.492 e. The fourth-order valence-electron chi connectivity index (χ4n) is 3.49. The first-order valence-electron chi connectivity index (χ1n) is 9.22. The number of likely N-dealkylation sites (tertiary alicyclic amines) is 1. The zero-order valence-electron chi connectivity index (χ0n) is 15.5. The van der Waals surface area contributed by atoms with Gasteiger partial charge in [-0.05, 0) is 76.0 Å². The molecule has 0 saturated carbocycles. The summed E-state index contributed by atoms with van der Waals surface area (Å²) >= 11 is 0. The van der Waals surface area contributed by atoms with Gasteiger partial charge in [0.25, 0.3) is 0 Å². The van der Waals surface area contributed by atoms with Crippen LogP contribution >= 0.6 is 24.8 Å². The third kappa shape index (κ3) is 6.62. The Bertz CT molecular complexity index is 560. The summed E-state index contributed by atoms with van der Waals surface area (Å²) in [6.07, 6.45) is 5.81. The first kappa shape index (κ1) is 23.0. The first-order valence-corrected chi connectivity index (χ1v) is 9.22.